The smallest absolute Gasteiger partial charge is 0.225 e. The molecular weight excluding hydrogens is 390 g/mol. The van der Waals surface area contributed by atoms with Crippen LogP contribution in [-0.4, -0.2) is 25.9 Å². The summed E-state index contributed by atoms with van der Waals surface area (Å²) in [5, 5.41) is 3.54. The fraction of sp³-hybridized carbons (Fsp3) is 0.304. The van der Waals surface area contributed by atoms with Crippen LogP contribution in [0.4, 0.5) is 0 Å². The third-order valence-electron chi connectivity index (χ3n) is 5.67. The topological polar surface area (TPSA) is 64.6 Å². The van der Waals surface area contributed by atoms with Crippen molar-refractivity contribution in [3.63, 3.8) is 0 Å². The molecular formula is C23H22ClNO4. The van der Waals surface area contributed by atoms with Gasteiger partial charge in [0.25, 0.3) is 0 Å². The van der Waals surface area contributed by atoms with Crippen LogP contribution in [0.1, 0.15) is 42.2 Å². The first-order chi connectivity index (χ1) is 14.0. The molecule has 2 aromatic carbocycles. The van der Waals surface area contributed by atoms with Gasteiger partial charge in [-0.25, -0.2) is 0 Å². The molecule has 1 aliphatic carbocycles. The zero-order valence-corrected chi connectivity index (χ0v) is 17.1. The highest BCUT2D eigenvalue weighted by Gasteiger charge is 2.38. The molecule has 6 heteroatoms. The highest BCUT2D eigenvalue weighted by atomic mass is 35.5. The average Bonchev–Trinajstić information content (AvgIpc) is 2.72. The highest BCUT2D eigenvalue weighted by Crippen LogP contribution is 2.44. The number of allylic oxidation sites excluding steroid dienone is 2. The van der Waals surface area contributed by atoms with E-state index in [0.717, 1.165) is 16.8 Å². The number of amides is 1. The summed E-state index contributed by atoms with van der Waals surface area (Å²) < 4.78 is 10.7. The Bertz CT molecular complexity index is 1010. The van der Waals surface area contributed by atoms with Crippen LogP contribution in [0.5, 0.6) is 11.5 Å². The largest absolute Gasteiger partial charge is 0.493 e. The number of halogens is 1. The first-order valence-electron chi connectivity index (χ1n) is 9.53. The van der Waals surface area contributed by atoms with Gasteiger partial charge in [-0.3, -0.25) is 9.59 Å². The van der Waals surface area contributed by atoms with Crippen LogP contribution in [0, 0.1) is 0 Å². The van der Waals surface area contributed by atoms with Crippen LogP contribution in [0.3, 0.4) is 0 Å². The maximum Gasteiger partial charge on any atom is 0.225 e. The van der Waals surface area contributed by atoms with E-state index < -0.39 is 0 Å². The molecule has 2 atom stereocenters. The molecule has 0 fully saturated rings. The number of ether oxygens (including phenoxy) is 2. The molecule has 0 bridgehead atoms. The van der Waals surface area contributed by atoms with Crippen molar-refractivity contribution >= 4 is 23.3 Å². The number of ketones is 1. The highest BCUT2D eigenvalue weighted by molar-refractivity contribution is 6.30. The van der Waals surface area contributed by atoms with Gasteiger partial charge in [0.15, 0.2) is 17.3 Å². The van der Waals surface area contributed by atoms with E-state index in [2.05, 4.69) is 5.32 Å². The molecule has 1 heterocycles. The molecule has 150 valence electrons. The lowest BCUT2D eigenvalue weighted by Gasteiger charge is -2.34. The lowest BCUT2D eigenvalue weighted by atomic mass is 9.73. The first-order valence-corrected chi connectivity index (χ1v) is 9.91. The lowest BCUT2D eigenvalue weighted by Crippen LogP contribution is -2.38. The number of hydrogen-bond acceptors (Lipinski definition) is 4. The van der Waals surface area contributed by atoms with Gasteiger partial charge >= 0.3 is 0 Å². The Morgan fingerprint density at radius 2 is 1.72 bits per heavy atom. The minimum absolute atomic E-state index is 0.0283. The van der Waals surface area contributed by atoms with Crippen molar-refractivity contribution in [2.45, 2.75) is 31.1 Å². The molecule has 1 N–H and O–H groups in total. The van der Waals surface area contributed by atoms with Crippen molar-refractivity contribution < 1.29 is 19.1 Å². The van der Waals surface area contributed by atoms with Gasteiger partial charge in [-0.2, -0.15) is 0 Å². The fourth-order valence-corrected chi connectivity index (χ4v) is 4.51. The zero-order valence-electron chi connectivity index (χ0n) is 16.3. The van der Waals surface area contributed by atoms with Crippen LogP contribution in [-0.2, 0) is 9.59 Å². The molecule has 2 aliphatic rings. The summed E-state index contributed by atoms with van der Waals surface area (Å²) in [4.78, 5) is 25.6. The molecule has 0 radical (unpaired) electrons. The number of nitrogens with one attached hydrogen (secondary N) is 1. The summed E-state index contributed by atoms with van der Waals surface area (Å²) in [6.07, 6.45) is 1.24. The van der Waals surface area contributed by atoms with Crippen molar-refractivity contribution in [3.8, 4) is 11.5 Å². The Morgan fingerprint density at radius 3 is 2.45 bits per heavy atom. The fourth-order valence-electron chi connectivity index (χ4n) is 4.31. The molecule has 0 spiro atoms. The second-order valence-corrected chi connectivity index (χ2v) is 7.83. The molecule has 1 aliphatic heterocycles. The second-order valence-electron chi connectivity index (χ2n) is 7.39. The molecule has 5 nitrogen and oxygen atoms in total. The van der Waals surface area contributed by atoms with Gasteiger partial charge in [0.2, 0.25) is 5.91 Å². The third-order valence-corrected chi connectivity index (χ3v) is 5.90. The SMILES string of the molecule is COc1ccc([C@@H]2CC(=O)C3=C(C2)NC(=O)C[C@@H]3c2cccc(Cl)c2)cc1OC. The predicted molar refractivity (Wildman–Crippen MR) is 111 cm³/mol. The summed E-state index contributed by atoms with van der Waals surface area (Å²) in [6, 6.07) is 13.1. The number of carbonyl (C=O) groups is 2. The number of rotatable bonds is 4. The van der Waals surface area contributed by atoms with Crippen molar-refractivity contribution in [2.75, 3.05) is 14.2 Å². The van der Waals surface area contributed by atoms with E-state index in [1.165, 1.54) is 0 Å². The molecule has 29 heavy (non-hydrogen) atoms. The monoisotopic (exact) mass is 411 g/mol. The van der Waals surface area contributed by atoms with Crippen LogP contribution in [0.2, 0.25) is 5.02 Å². The number of carbonyl (C=O) groups excluding carboxylic acids is 2. The zero-order chi connectivity index (χ0) is 20.5. The maximum absolute atomic E-state index is 13.2. The molecule has 0 aromatic heterocycles. The standard InChI is InChI=1S/C23H22ClNO4/c1-28-20-7-6-13(11-21(20)29-2)15-9-18-23(19(26)10-15)17(12-22(27)25-18)14-4-3-5-16(24)8-14/h3-8,11,15,17H,9-10,12H2,1-2H3,(H,25,27)/t15-,17+/m0/s1. The quantitative estimate of drug-likeness (QED) is 0.811. The number of benzene rings is 2. The second kappa shape index (κ2) is 7.91. The Kier molecular flexibility index (Phi) is 5.33. The van der Waals surface area contributed by atoms with Gasteiger partial charge in [0, 0.05) is 35.1 Å². The number of hydrogen-bond donors (Lipinski definition) is 1. The van der Waals surface area contributed by atoms with Gasteiger partial charge in [0.1, 0.15) is 0 Å². The van der Waals surface area contributed by atoms with Gasteiger partial charge < -0.3 is 14.8 Å². The lowest BCUT2D eigenvalue weighted by molar-refractivity contribution is -0.122. The predicted octanol–water partition coefficient (Wildman–Crippen LogP) is 4.36. The Hall–Kier alpha value is -2.79. The molecule has 2 aromatic rings. The van der Waals surface area contributed by atoms with Crippen LogP contribution in [0.15, 0.2) is 53.7 Å². The van der Waals surface area contributed by atoms with Crippen LogP contribution >= 0.6 is 11.6 Å². The van der Waals surface area contributed by atoms with Gasteiger partial charge in [-0.05, 0) is 47.7 Å². The van der Waals surface area contributed by atoms with E-state index in [9.17, 15) is 9.59 Å². The van der Waals surface area contributed by atoms with Crippen LogP contribution < -0.4 is 14.8 Å². The average molecular weight is 412 g/mol. The summed E-state index contributed by atoms with van der Waals surface area (Å²) in [5.41, 5.74) is 3.32. The normalized spacial score (nSPS) is 21.5. The Labute approximate surface area is 174 Å². The Morgan fingerprint density at radius 1 is 0.931 bits per heavy atom. The van der Waals surface area contributed by atoms with Crippen molar-refractivity contribution in [1.82, 2.24) is 5.32 Å². The van der Waals surface area contributed by atoms with Crippen molar-refractivity contribution in [2.24, 2.45) is 0 Å². The maximum atomic E-state index is 13.2. The van der Waals surface area contributed by atoms with Crippen molar-refractivity contribution in [3.05, 3.63) is 69.9 Å². The molecule has 0 saturated heterocycles. The van der Waals surface area contributed by atoms with E-state index in [-0.39, 0.29) is 29.9 Å². The number of methoxy groups -OCH3 is 2. The number of Topliss-reactive ketones (excluding diaryl/α,β-unsaturated/α-hetero) is 1. The molecule has 1 amide bonds. The summed E-state index contributed by atoms with van der Waals surface area (Å²) in [5.74, 6) is 0.980. The minimum atomic E-state index is -0.253. The first kappa shape index (κ1) is 19.5. The minimum Gasteiger partial charge on any atom is -0.493 e. The molecule has 4 rings (SSSR count). The van der Waals surface area contributed by atoms with Gasteiger partial charge in [0.05, 0.1) is 14.2 Å². The van der Waals surface area contributed by atoms with E-state index in [1.807, 2.05) is 36.4 Å². The van der Waals surface area contributed by atoms with E-state index >= 15 is 0 Å². The summed E-state index contributed by atoms with van der Waals surface area (Å²) >= 11 is 6.14. The summed E-state index contributed by atoms with van der Waals surface area (Å²) in [6.45, 7) is 0. The van der Waals surface area contributed by atoms with E-state index in [4.69, 9.17) is 21.1 Å². The Balaban J connectivity index is 1.70. The van der Waals surface area contributed by atoms with Crippen LogP contribution in [0.25, 0.3) is 0 Å². The molecule has 0 saturated carbocycles. The van der Waals surface area contributed by atoms with Gasteiger partial charge in [-0.15, -0.1) is 0 Å². The third kappa shape index (κ3) is 3.75. The van der Waals surface area contributed by atoms with E-state index in [1.54, 1.807) is 20.3 Å². The van der Waals surface area contributed by atoms with Gasteiger partial charge in [-0.1, -0.05) is 29.8 Å². The van der Waals surface area contributed by atoms with E-state index in [0.29, 0.717) is 34.9 Å². The molecule has 0 unspecified atom stereocenters. The summed E-state index contributed by atoms with van der Waals surface area (Å²) in [7, 11) is 3.18. The van der Waals surface area contributed by atoms with Crippen molar-refractivity contribution in [1.29, 1.82) is 0 Å².